The molecule has 0 bridgehead atoms. The molecule has 2 aliphatic rings. The van der Waals surface area contributed by atoms with Gasteiger partial charge in [0, 0.05) is 24.9 Å². The summed E-state index contributed by atoms with van der Waals surface area (Å²) in [4.78, 5) is 4.72. The molecule has 1 aromatic rings. The third-order valence-electron chi connectivity index (χ3n) is 3.51. The fraction of sp³-hybridized carbons (Fsp3) is 0.727. The highest BCUT2D eigenvalue weighted by molar-refractivity contribution is 6.30. The Morgan fingerprint density at radius 3 is 2.87 bits per heavy atom. The minimum Gasteiger partial charge on any atom is -0.330 e. The van der Waals surface area contributed by atoms with Crippen molar-refractivity contribution >= 4 is 11.6 Å². The van der Waals surface area contributed by atoms with Gasteiger partial charge in [-0.2, -0.15) is 0 Å². The zero-order chi connectivity index (χ0) is 10.4. The lowest BCUT2D eigenvalue weighted by molar-refractivity contribution is 0.448. The zero-order valence-electron chi connectivity index (χ0n) is 8.75. The van der Waals surface area contributed by atoms with Crippen LogP contribution in [0.4, 0.5) is 0 Å². The molecule has 1 aliphatic heterocycles. The van der Waals surface area contributed by atoms with E-state index in [1.807, 2.05) is 0 Å². The largest absolute Gasteiger partial charge is 0.330 e. The van der Waals surface area contributed by atoms with Gasteiger partial charge in [-0.3, -0.25) is 0 Å². The molecule has 15 heavy (non-hydrogen) atoms. The monoisotopic (exact) mass is 225 g/mol. The van der Waals surface area contributed by atoms with Crippen molar-refractivity contribution in [1.82, 2.24) is 9.55 Å². The molecule has 1 aromatic heterocycles. The van der Waals surface area contributed by atoms with Crippen LogP contribution >= 0.6 is 11.6 Å². The Labute approximate surface area is 94.6 Å². The standard InChI is InChI=1S/C11H16ClN3/c12-10-9(7-3-4-7)14-11-8(6-13)2-1-5-15(10)11/h7-8H,1-6,13H2. The van der Waals surface area contributed by atoms with Crippen LogP contribution in [0.25, 0.3) is 0 Å². The maximum absolute atomic E-state index is 6.36. The number of fused-ring (bicyclic) bond motifs is 1. The van der Waals surface area contributed by atoms with Gasteiger partial charge in [-0.25, -0.2) is 4.98 Å². The summed E-state index contributed by atoms with van der Waals surface area (Å²) in [6.07, 6.45) is 4.84. The van der Waals surface area contributed by atoms with Crippen molar-refractivity contribution in [2.75, 3.05) is 6.54 Å². The van der Waals surface area contributed by atoms with Crippen molar-refractivity contribution in [3.8, 4) is 0 Å². The van der Waals surface area contributed by atoms with Crippen LogP contribution in [-0.4, -0.2) is 16.1 Å². The summed E-state index contributed by atoms with van der Waals surface area (Å²) < 4.78 is 2.18. The third-order valence-corrected chi connectivity index (χ3v) is 3.91. The summed E-state index contributed by atoms with van der Waals surface area (Å²) in [6.45, 7) is 1.71. The van der Waals surface area contributed by atoms with Crippen LogP contribution in [-0.2, 0) is 6.54 Å². The van der Waals surface area contributed by atoms with E-state index in [0.717, 1.165) is 29.6 Å². The molecule has 3 rings (SSSR count). The first-order valence-corrected chi connectivity index (χ1v) is 6.15. The van der Waals surface area contributed by atoms with Crippen LogP contribution in [0.5, 0.6) is 0 Å². The second-order valence-corrected chi connectivity index (χ2v) is 5.00. The van der Waals surface area contributed by atoms with Crippen molar-refractivity contribution < 1.29 is 0 Å². The highest BCUT2D eigenvalue weighted by Gasteiger charge is 2.33. The molecule has 2 N–H and O–H groups in total. The van der Waals surface area contributed by atoms with Gasteiger partial charge in [0.05, 0.1) is 5.69 Å². The number of nitrogens with zero attached hydrogens (tertiary/aromatic N) is 2. The normalized spacial score (nSPS) is 25.3. The summed E-state index contributed by atoms with van der Waals surface area (Å²) in [5, 5.41) is 0.880. The molecule has 0 amide bonds. The lowest BCUT2D eigenvalue weighted by Crippen LogP contribution is -2.22. The first-order chi connectivity index (χ1) is 7.31. The summed E-state index contributed by atoms with van der Waals surface area (Å²) in [5.74, 6) is 2.19. The first-order valence-electron chi connectivity index (χ1n) is 5.77. The van der Waals surface area contributed by atoms with Crippen LogP contribution in [0.3, 0.4) is 0 Å². The topological polar surface area (TPSA) is 43.8 Å². The van der Waals surface area contributed by atoms with E-state index in [1.165, 1.54) is 19.3 Å². The molecule has 1 atom stereocenters. The molecule has 0 spiro atoms. The highest BCUT2D eigenvalue weighted by Crippen LogP contribution is 2.44. The van der Waals surface area contributed by atoms with Crippen molar-refractivity contribution in [2.45, 2.75) is 44.1 Å². The SMILES string of the molecule is NCC1CCCn2c1nc(C1CC1)c2Cl. The van der Waals surface area contributed by atoms with E-state index in [4.69, 9.17) is 22.3 Å². The highest BCUT2D eigenvalue weighted by atomic mass is 35.5. The molecular formula is C11H16ClN3. The maximum atomic E-state index is 6.36. The van der Waals surface area contributed by atoms with E-state index in [-0.39, 0.29) is 0 Å². The van der Waals surface area contributed by atoms with E-state index < -0.39 is 0 Å². The van der Waals surface area contributed by atoms with Gasteiger partial charge in [0.15, 0.2) is 0 Å². The van der Waals surface area contributed by atoms with E-state index in [2.05, 4.69) is 4.57 Å². The van der Waals surface area contributed by atoms with Crippen molar-refractivity contribution in [3.63, 3.8) is 0 Å². The summed E-state index contributed by atoms with van der Waals surface area (Å²) in [7, 11) is 0. The number of aromatic nitrogens is 2. The van der Waals surface area contributed by atoms with Gasteiger partial charge in [-0.05, 0) is 25.7 Å². The Hall–Kier alpha value is -0.540. The number of hydrogen-bond donors (Lipinski definition) is 1. The Bertz CT molecular complexity index is 381. The van der Waals surface area contributed by atoms with Gasteiger partial charge in [0.25, 0.3) is 0 Å². The van der Waals surface area contributed by atoms with E-state index in [9.17, 15) is 0 Å². The summed E-state index contributed by atoms with van der Waals surface area (Å²) in [6, 6.07) is 0. The molecule has 1 aliphatic carbocycles. The minimum atomic E-state index is 0.420. The van der Waals surface area contributed by atoms with E-state index in [1.54, 1.807) is 0 Å². The second-order valence-electron chi connectivity index (χ2n) is 4.65. The third kappa shape index (κ3) is 1.49. The summed E-state index contributed by atoms with van der Waals surface area (Å²) >= 11 is 6.36. The lowest BCUT2D eigenvalue weighted by atomic mass is 9.99. The molecule has 1 unspecified atom stereocenters. The molecule has 1 fully saturated rings. The molecule has 4 heteroatoms. The van der Waals surface area contributed by atoms with E-state index >= 15 is 0 Å². The van der Waals surface area contributed by atoms with Gasteiger partial charge >= 0.3 is 0 Å². The average Bonchev–Trinajstić information content (AvgIpc) is 3.04. The number of nitrogens with two attached hydrogens (primary N) is 1. The fourth-order valence-corrected chi connectivity index (χ4v) is 2.83. The average molecular weight is 226 g/mol. The number of hydrogen-bond acceptors (Lipinski definition) is 2. The summed E-state index contributed by atoms with van der Waals surface area (Å²) in [5.41, 5.74) is 6.90. The van der Waals surface area contributed by atoms with Gasteiger partial charge in [-0.1, -0.05) is 11.6 Å². The minimum absolute atomic E-state index is 0.420. The van der Waals surface area contributed by atoms with Crippen LogP contribution in [0.1, 0.15) is 49.0 Å². The van der Waals surface area contributed by atoms with Crippen molar-refractivity contribution in [1.29, 1.82) is 0 Å². The molecular weight excluding hydrogens is 210 g/mol. The predicted molar refractivity (Wildman–Crippen MR) is 60.2 cm³/mol. The Balaban J connectivity index is 2.04. The van der Waals surface area contributed by atoms with Gasteiger partial charge in [-0.15, -0.1) is 0 Å². The Morgan fingerprint density at radius 2 is 2.20 bits per heavy atom. The van der Waals surface area contributed by atoms with Gasteiger partial charge < -0.3 is 10.3 Å². The quantitative estimate of drug-likeness (QED) is 0.839. The molecule has 82 valence electrons. The molecule has 2 heterocycles. The number of halogens is 1. The van der Waals surface area contributed by atoms with E-state index in [0.29, 0.717) is 18.4 Å². The molecule has 0 radical (unpaired) electrons. The molecule has 0 saturated heterocycles. The maximum Gasteiger partial charge on any atom is 0.132 e. The molecule has 0 aromatic carbocycles. The fourth-order valence-electron chi connectivity index (χ4n) is 2.46. The van der Waals surface area contributed by atoms with Gasteiger partial charge in [0.1, 0.15) is 11.0 Å². The van der Waals surface area contributed by atoms with Crippen molar-refractivity contribution in [3.05, 3.63) is 16.7 Å². The molecule has 3 nitrogen and oxygen atoms in total. The van der Waals surface area contributed by atoms with Crippen LogP contribution in [0, 0.1) is 0 Å². The predicted octanol–water partition coefficient (Wildman–Crippen LogP) is 2.25. The first kappa shape index (κ1) is 9.67. The number of rotatable bonds is 2. The van der Waals surface area contributed by atoms with Crippen LogP contribution in [0.2, 0.25) is 5.15 Å². The Kier molecular flexibility index (Phi) is 2.25. The van der Waals surface area contributed by atoms with Crippen LogP contribution in [0.15, 0.2) is 0 Å². The van der Waals surface area contributed by atoms with Crippen LogP contribution < -0.4 is 5.73 Å². The number of imidazole rings is 1. The molecule has 1 saturated carbocycles. The van der Waals surface area contributed by atoms with Crippen molar-refractivity contribution in [2.24, 2.45) is 5.73 Å². The lowest BCUT2D eigenvalue weighted by Gasteiger charge is -2.22. The van der Waals surface area contributed by atoms with Gasteiger partial charge in [0.2, 0.25) is 0 Å². The smallest absolute Gasteiger partial charge is 0.132 e. The zero-order valence-corrected chi connectivity index (χ0v) is 9.50. The Morgan fingerprint density at radius 1 is 1.40 bits per heavy atom. The second kappa shape index (κ2) is 3.49.